The van der Waals surface area contributed by atoms with E-state index >= 15 is 0 Å². The van der Waals surface area contributed by atoms with Gasteiger partial charge in [0.05, 0.1) is 13.2 Å². The van der Waals surface area contributed by atoms with Crippen LogP contribution >= 0.6 is 15.9 Å². The first-order valence-corrected chi connectivity index (χ1v) is 6.68. The van der Waals surface area contributed by atoms with Gasteiger partial charge in [-0.25, -0.2) is 0 Å². The molecule has 0 aliphatic rings. The third-order valence-electron chi connectivity index (χ3n) is 2.88. The van der Waals surface area contributed by atoms with Crippen LogP contribution in [0.3, 0.4) is 0 Å². The Kier molecular flexibility index (Phi) is 5.62. The van der Waals surface area contributed by atoms with E-state index in [4.69, 9.17) is 10.5 Å². The molecule has 1 aromatic rings. The minimum absolute atomic E-state index is 0.285. The van der Waals surface area contributed by atoms with Crippen LogP contribution in [0.4, 0.5) is 0 Å². The lowest BCUT2D eigenvalue weighted by atomic mass is 10.1. The van der Waals surface area contributed by atoms with Gasteiger partial charge in [0, 0.05) is 10.0 Å². The Morgan fingerprint density at radius 3 is 2.67 bits per heavy atom. The van der Waals surface area contributed by atoms with Crippen LogP contribution in [0.1, 0.15) is 19.4 Å². The fraction of sp³-hybridized carbons (Fsp3) is 0.462. The fourth-order valence-electron chi connectivity index (χ4n) is 1.82. The molecule has 0 saturated heterocycles. The third-order valence-corrected chi connectivity index (χ3v) is 3.37. The SMILES string of the molecule is COc1ccc(Br)cc1C[NH+](CC(N)=O)C(C)C. The molecule has 1 unspecified atom stereocenters. The number of halogens is 1. The summed E-state index contributed by atoms with van der Waals surface area (Å²) in [5.74, 6) is 0.550. The number of carbonyl (C=O) groups is 1. The average molecular weight is 316 g/mol. The number of ether oxygens (including phenoxy) is 1. The molecule has 1 aromatic carbocycles. The van der Waals surface area contributed by atoms with Gasteiger partial charge in [-0.3, -0.25) is 4.79 Å². The molecule has 0 aromatic heterocycles. The number of carbonyl (C=O) groups excluding carboxylic acids is 1. The van der Waals surface area contributed by atoms with E-state index in [1.165, 1.54) is 0 Å². The van der Waals surface area contributed by atoms with Crippen molar-refractivity contribution < 1.29 is 14.4 Å². The zero-order valence-electron chi connectivity index (χ0n) is 11.0. The highest BCUT2D eigenvalue weighted by molar-refractivity contribution is 9.10. The molecular formula is C13H20BrN2O2+. The van der Waals surface area contributed by atoms with Crippen LogP contribution in [-0.4, -0.2) is 25.6 Å². The number of primary amides is 1. The first-order valence-electron chi connectivity index (χ1n) is 5.89. The Bertz CT molecular complexity index is 421. The van der Waals surface area contributed by atoms with Gasteiger partial charge in [0.25, 0.3) is 5.91 Å². The van der Waals surface area contributed by atoms with E-state index in [-0.39, 0.29) is 5.91 Å². The number of quaternary nitrogens is 1. The molecule has 1 rings (SSSR count). The number of hydrogen-bond donors (Lipinski definition) is 2. The first kappa shape index (κ1) is 15.0. The lowest BCUT2D eigenvalue weighted by Gasteiger charge is -2.23. The molecule has 0 saturated carbocycles. The van der Waals surface area contributed by atoms with Crippen molar-refractivity contribution in [2.24, 2.45) is 5.73 Å². The number of amides is 1. The average Bonchev–Trinajstić information content (AvgIpc) is 2.27. The number of hydrogen-bond acceptors (Lipinski definition) is 2. The molecule has 5 heteroatoms. The zero-order valence-corrected chi connectivity index (χ0v) is 12.6. The maximum absolute atomic E-state index is 11.1. The number of nitrogens with one attached hydrogen (secondary N) is 1. The molecule has 0 aliphatic heterocycles. The minimum Gasteiger partial charge on any atom is -0.496 e. The van der Waals surface area contributed by atoms with E-state index in [1.54, 1.807) is 7.11 Å². The molecular weight excluding hydrogens is 296 g/mol. The van der Waals surface area contributed by atoms with Crippen molar-refractivity contribution in [1.82, 2.24) is 0 Å². The monoisotopic (exact) mass is 315 g/mol. The molecule has 1 amide bonds. The normalized spacial score (nSPS) is 12.5. The van der Waals surface area contributed by atoms with Gasteiger partial charge in [0.1, 0.15) is 12.3 Å². The predicted octanol–water partition coefficient (Wildman–Crippen LogP) is 0.736. The van der Waals surface area contributed by atoms with Gasteiger partial charge in [0.2, 0.25) is 0 Å². The van der Waals surface area contributed by atoms with Crippen LogP contribution in [0.2, 0.25) is 0 Å². The summed E-state index contributed by atoms with van der Waals surface area (Å²) >= 11 is 3.45. The summed E-state index contributed by atoms with van der Waals surface area (Å²) in [6, 6.07) is 6.19. The molecule has 0 fully saturated rings. The van der Waals surface area contributed by atoms with Crippen molar-refractivity contribution in [1.29, 1.82) is 0 Å². The van der Waals surface area contributed by atoms with E-state index in [0.717, 1.165) is 20.7 Å². The van der Waals surface area contributed by atoms with Crippen molar-refractivity contribution >= 4 is 21.8 Å². The van der Waals surface area contributed by atoms with E-state index in [2.05, 4.69) is 29.8 Å². The minimum atomic E-state index is -0.285. The van der Waals surface area contributed by atoms with Crippen molar-refractivity contribution in [3.8, 4) is 5.75 Å². The van der Waals surface area contributed by atoms with Crippen LogP contribution in [-0.2, 0) is 11.3 Å². The van der Waals surface area contributed by atoms with Crippen LogP contribution in [0.15, 0.2) is 22.7 Å². The van der Waals surface area contributed by atoms with E-state index in [9.17, 15) is 4.79 Å². The van der Waals surface area contributed by atoms with Gasteiger partial charge in [-0.05, 0) is 32.0 Å². The maximum Gasteiger partial charge on any atom is 0.272 e. The Morgan fingerprint density at radius 2 is 2.17 bits per heavy atom. The molecule has 3 N–H and O–H groups in total. The first-order chi connectivity index (χ1) is 8.43. The predicted molar refractivity (Wildman–Crippen MR) is 74.6 cm³/mol. The summed E-state index contributed by atoms with van der Waals surface area (Å²) in [6.07, 6.45) is 0. The van der Waals surface area contributed by atoms with E-state index in [0.29, 0.717) is 19.1 Å². The molecule has 0 aliphatic carbocycles. The highest BCUT2D eigenvalue weighted by atomic mass is 79.9. The Morgan fingerprint density at radius 1 is 1.50 bits per heavy atom. The number of methoxy groups -OCH3 is 1. The summed E-state index contributed by atoms with van der Waals surface area (Å²) in [6.45, 7) is 5.18. The van der Waals surface area contributed by atoms with Crippen LogP contribution in [0.25, 0.3) is 0 Å². The lowest BCUT2D eigenvalue weighted by Crippen LogP contribution is -3.14. The Hall–Kier alpha value is -1.07. The topological polar surface area (TPSA) is 56.8 Å². The van der Waals surface area contributed by atoms with E-state index in [1.807, 2.05) is 18.2 Å². The molecule has 0 spiro atoms. The van der Waals surface area contributed by atoms with Gasteiger partial charge in [0.15, 0.2) is 6.54 Å². The molecule has 0 heterocycles. The Labute approximate surface area is 116 Å². The summed E-state index contributed by atoms with van der Waals surface area (Å²) in [7, 11) is 1.65. The standard InChI is InChI=1S/C13H19BrN2O2/c1-9(2)16(8-13(15)17)7-10-6-11(14)4-5-12(10)18-3/h4-6,9H,7-8H2,1-3H3,(H2,15,17)/p+1. The fourth-order valence-corrected chi connectivity index (χ4v) is 2.23. The van der Waals surface area contributed by atoms with Crippen LogP contribution in [0.5, 0.6) is 5.75 Å². The van der Waals surface area contributed by atoms with E-state index < -0.39 is 0 Å². The quantitative estimate of drug-likeness (QED) is 0.813. The highest BCUT2D eigenvalue weighted by Crippen LogP contribution is 2.22. The van der Waals surface area contributed by atoms with Crippen molar-refractivity contribution in [2.75, 3.05) is 13.7 Å². The molecule has 1 atom stereocenters. The summed E-state index contributed by atoms with van der Waals surface area (Å²) in [5, 5.41) is 0. The second-order valence-electron chi connectivity index (χ2n) is 4.59. The molecule has 18 heavy (non-hydrogen) atoms. The van der Waals surface area contributed by atoms with Crippen LogP contribution < -0.4 is 15.4 Å². The second kappa shape index (κ2) is 6.75. The molecule has 100 valence electrons. The number of rotatable bonds is 6. The lowest BCUT2D eigenvalue weighted by molar-refractivity contribution is -0.927. The third kappa shape index (κ3) is 4.31. The van der Waals surface area contributed by atoms with Gasteiger partial charge in [-0.2, -0.15) is 0 Å². The maximum atomic E-state index is 11.1. The molecule has 0 radical (unpaired) electrons. The van der Waals surface area contributed by atoms with Gasteiger partial charge in [-0.1, -0.05) is 15.9 Å². The smallest absolute Gasteiger partial charge is 0.272 e. The van der Waals surface area contributed by atoms with Gasteiger partial charge < -0.3 is 15.4 Å². The largest absolute Gasteiger partial charge is 0.496 e. The molecule has 4 nitrogen and oxygen atoms in total. The summed E-state index contributed by atoms with van der Waals surface area (Å²) in [5.41, 5.74) is 6.35. The summed E-state index contributed by atoms with van der Waals surface area (Å²) < 4.78 is 6.34. The highest BCUT2D eigenvalue weighted by Gasteiger charge is 2.18. The molecule has 0 bridgehead atoms. The van der Waals surface area contributed by atoms with Crippen molar-refractivity contribution in [3.05, 3.63) is 28.2 Å². The van der Waals surface area contributed by atoms with Crippen molar-refractivity contribution in [3.63, 3.8) is 0 Å². The second-order valence-corrected chi connectivity index (χ2v) is 5.50. The van der Waals surface area contributed by atoms with Crippen LogP contribution in [0, 0.1) is 0 Å². The van der Waals surface area contributed by atoms with Gasteiger partial charge >= 0.3 is 0 Å². The van der Waals surface area contributed by atoms with Crippen molar-refractivity contribution in [2.45, 2.75) is 26.4 Å². The Balaban J connectivity index is 2.92. The van der Waals surface area contributed by atoms with Gasteiger partial charge in [-0.15, -0.1) is 0 Å². The number of nitrogens with two attached hydrogens (primary N) is 1. The number of benzene rings is 1. The zero-order chi connectivity index (χ0) is 13.7. The summed E-state index contributed by atoms with van der Waals surface area (Å²) in [4.78, 5) is 12.2.